The molecular weight excluding hydrogens is 1060 g/mol. The number of nitrogens with one attached hydrogen (secondary N) is 6. The van der Waals surface area contributed by atoms with Gasteiger partial charge < -0.3 is 61.5 Å². The Hall–Kier alpha value is -9.15. The van der Waals surface area contributed by atoms with Gasteiger partial charge in [0.25, 0.3) is 11.8 Å². The van der Waals surface area contributed by atoms with Crippen molar-refractivity contribution < 1.29 is 71.7 Å². The highest BCUT2D eigenvalue weighted by molar-refractivity contribution is 6.05. The summed E-state index contributed by atoms with van der Waals surface area (Å²) in [7, 11) is 2.66. The first kappa shape index (κ1) is 65.4. The van der Waals surface area contributed by atoms with Gasteiger partial charge in [0.2, 0.25) is 35.4 Å². The number of hydrogen-bond acceptors (Lipinski definition) is 15. The predicted molar refractivity (Wildman–Crippen MR) is 302 cm³/mol. The number of allylic oxidation sites excluding steroid dienone is 1. The van der Waals surface area contributed by atoms with Crippen LogP contribution in [-0.4, -0.2) is 139 Å². The molecule has 0 aromatic heterocycles. The fraction of sp³-hybridized carbons (Fsp3) is 0.407. The van der Waals surface area contributed by atoms with Crippen molar-refractivity contribution in [1.29, 1.82) is 0 Å². The second-order valence-corrected chi connectivity index (χ2v) is 19.8. The van der Waals surface area contributed by atoms with E-state index in [0.717, 1.165) is 43.2 Å². The maximum Gasteiger partial charge on any atom is 0.332 e. The number of ether oxygens (including phenoxy) is 4. The van der Waals surface area contributed by atoms with Crippen LogP contribution in [-0.2, 0) is 73.4 Å². The third-order valence-electron chi connectivity index (χ3n) is 12.6. The smallest absolute Gasteiger partial charge is 0.332 e. The van der Waals surface area contributed by atoms with E-state index in [9.17, 15) is 47.9 Å². The summed E-state index contributed by atoms with van der Waals surface area (Å²) in [5.74, 6) is -11.4. The van der Waals surface area contributed by atoms with Crippen LogP contribution in [0.3, 0.4) is 0 Å². The van der Waals surface area contributed by atoms with Crippen LogP contribution in [0.15, 0.2) is 96.7 Å². The normalized spacial score (nSPS) is 21.9. The number of rotatable bonds is 18. The molecule has 3 aromatic rings. The molecule has 0 aliphatic carbocycles. The molecule has 1 fully saturated rings. The molecule has 0 radical (unpaired) electrons. The van der Waals surface area contributed by atoms with Gasteiger partial charge >= 0.3 is 17.9 Å². The third-order valence-corrected chi connectivity index (χ3v) is 12.6. The van der Waals surface area contributed by atoms with Crippen LogP contribution < -0.4 is 42.4 Å². The fourth-order valence-electron chi connectivity index (χ4n) is 8.33. The van der Waals surface area contributed by atoms with Crippen molar-refractivity contribution in [3.05, 3.63) is 119 Å². The van der Waals surface area contributed by atoms with E-state index in [2.05, 4.69) is 31.9 Å². The largest absolute Gasteiger partial charge is 0.497 e. The lowest BCUT2D eigenvalue weighted by Crippen LogP contribution is -2.62. The molecule has 4 rings (SSSR count). The first-order chi connectivity index (χ1) is 38.9. The fourth-order valence-corrected chi connectivity index (χ4v) is 8.33. The lowest BCUT2D eigenvalue weighted by atomic mass is 10.00. The number of methoxy groups -OCH3 is 1. The molecule has 23 heteroatoms. The van der Waals surface area contributed by atoms with E-state index in [1.807, 2.05) is 31.2 Å². The highest BCUT2D eigenvalue weighted by atomic mass is 16.6. The van der Waals surface area contributed by atoms with Gasteiger partial charge in [0, 0.05) is 33.4 Å². The Morgan fingerprint density at radius 2 is 1.34 bits per heavy atom. The summed E-state index contributed by atoms with van der Waals surface area (Å²) in [4.78, 5) is 154. The van der Waals surface area contributed by atoms with Gasteiger partial charge in [0.1, 0.15) is 60.5 Å². The van der Waals surface area contributed by atoms with Crippen molar-refractivity contribution in [2.24, 2.45) is 11.7 Å². The molecule has 1 heterocycles. The van der Waals surface area contributed by atoms with Gasteiger partial charge in [-0.05, 0) is 79.1 Å². The summed E-state index contributed by atoms with van der Waals surface area (Å²) in [5, 5.41) is 15.1. The first-order valence-electron chi connectivity index (χ1n) is 26.6. The SMILES string of the molecule is CCC/C=C\c1ccccc1/C=C/C(=O)N[C@@H]1C(=O)N(C)/C(=C/c2ccc(OC)cc2)C(=O)N[C@@H](CC(C)C)C(=O)N[C@H](Cc2ccccc2)C(=O)N[C@@H]([C@H](C)OC(C)=O)C(=O)N[C@@H](CC(N)=O)C(=O)N[C@@H](COC(C)=O)C(=O)O[C@@H]1C. The topological polar surface area (TPSA) is 326 Å². The highest BCUT2D eigenvalue weighted by Crippen LogP contribution is 2.20. The van der Waals surface area contributed by atoms with Crippen LogP contribution in [0.4, 0.5) is 0 Å². The minimum absolute atomic E-state index is 0.0351. The summed E-state index contributed by atoms with van der Waals surface area (Å²) in [5.41, 5.74) is 7.43. The number of carbonyl (C=O) groups is 11. The number of primary amides is 1. The van der Waals surface area contributed by atoms with Crippen molar-refractivity contribution >= 4 is 83.4 Å². The van der Waals surface area contributed by atoms with Gasteiger partial charge in [-0.15, -0.1) is 0 Å². The number of cyclic esters (lactones) is 1. The molecule has 1 saturated heterocycles. The Kier molecular flexibility index (Phi) is 25.7. The zero-order valence-corrected chi connectivity index (χ0v) is 47.5. The lowest BCUT2D eigenvalue weighted by Gasteiger charge is -2.31. The van der Waals surface area contributed by atoms with Crippen LogP contribution in [0, 0.1) is 5.92 Å². The van der Waals surface area contributed by atoms with E-state index in [4.69, 9.17) is 24.7 Å². The number of benzene rings is 3. The summed E-state index contributed by atoms with van der Waals surface area (Å²) in [6.45, 7) is 9.18. The molecule has 82 heavy (non-hydrogen) atoms. The zero-order valence-electron chi connectivity index (χ0n) is 47.5. The predicted octanol–water partition coefficient (Wildman–Crippen LogP) is 2.55. The standard InChI is InChI=1S/C59H74N8O15/c1-10-11-13-20-41-21-16-17-22-42(41)25-28-50(71)65-52-36(5)82-59(78)47(33-80-37(6)68)64-54(73)46(32-49(60)70)63-57(76)51(35(4)81-38(7)69)66-55(74)45(30-39-18-14-12-15-19-39)61-53(72)44(29-34(2)3)62-56(75)48(67(8)58(52)77)31-40-23-26-43(79-9)27-24-40/h12-28,31,34-36,44-47,51-52H,10-11,29-30,32-33H2,1-9H3,(H2,60,70)(H,61,72)(H,62,75)(H,63,76)(H,64,73)(H,65,71)(H,66,74)/b20-13-,28-25+,48-31+/t35-,36+,44-,45+,46-,47-,51-,52-/m0/s1. The molecule has 8 amide bonds. The molecule has 23 nitrogen and oxygen atoms in total. The Bertz CT molecular complexity index is 2870. The number of likely N-dealkylation sites (N-methyl/N-ethyl adjacent to an activating group) is 1. The molecule has 8 atom stereocenters. The van der Waals surface area contributed by atoms with Crippen LogP contribution in [0.1, 0.15) is 96.4 Å². The highest BCUT2D eigenvalue weighted by Gasteiger charge is 2.40. The zero-order chi connectivity index (χ0) is 60.6. The maximum absolute atomic E-state index is 15.2. The summed E-state index contributed by atoms with van der Waals surface area (Å²) in [6.07, 6.45) is 5.22. The molecule has 440 valence electrons. The molecular formula is C59H74N8O15. The van der Waals surface area contributed by atoms with E-state index in [1.54, 1.807) is 80.6 Å². The van der Waals surface area contributed by atoms with Crippen molar-refractivity contribution in [2.75, 3.05) is 20.8 Å². The number of unbranched alkanes of at least 4 members (excludes halogenated alkanes) is 1. The minimum Gasteiger partial charge on any atom is -0.497 e. The van der Waals surface area contributed by atoms with E-state index in [0.29, 0.717) is 22.4 Å². The number of esters is 3. The van der Waals surface area contributed by atoms with Gasteiger partial charge in [-0.2, -0.15) is 0 Å². The van der Waals surface area contributed by atoms with Crippen molar-refractivity contribution in [3.63, 3.8) is 0 Å². The van der Waals surface area contributed by atoms with Gasteiger partial charge in [-0.3, -0.25) is 47.9 Å². The number of amides is 8. The average molecular weight is 1140 g/mol. The summed E-state index contributed by atoms with van der Waals surface area (Å²) in [6, 6.07) is 11.4. The van der Waals surface area contributed by atoms with Gasteiger partial charge in [-0.1, -0.05) is 106 Å². The monoisotopic (exact) mass is 1130 g/mol. The van der Waals surface area contributed by atoms with E-state index in [1.165, 1.54) is 40.2 Å². The van der Waals surface area contributed by atoms with Crippen LogP contribution in [0.5, 0.6) is 5.75 Å². The molecule has 1 aliphatic heterocycles. The number of nitrogens with zero attached hydrogens (tertiary/aromatic N) is 1. The molecule has 1 aliphatic rings. The summed E-state index contributed by atoms with van der Waals surface area (Å²) < 4.78 is 21.5. The second-order valence-electron chi connectivity index (χ2n) is 19.8. The summed E-state index contributed by atoms with van der Waals surface area (Å²) >= 11 is 0. The molecule has 3 aromatic carbocycles. The molecule has 8 N–H and O–H groups in total. The Labute approximate surface area is 476 Å². The van der Waals surface area contributed by atoms with Crippen molar-refractivity contribution in [3.8, 4) is 5.75 Å². The van der Waals surface area contributed by atoms with E-state index >= 15 is 4.79 Å². The second kappa shape index (κ2) is 32.2. The van der Waals surface area contributed by atoms with Crippen LogP contribution in [0.2, 0.25) is 0 Å². The third kappa shape index (κ3) is 20.8. The van der Waals surface area contributed by atoms with Crippen LogP contribution >= 0.6 is 0 Å². The van der Waals surface area contributed by atoms with Crippen LogP contribution in [0.25, 0.3) is 18.2 Å². The van der Waals surface area contributed by atoms with Crippen molar-refractivity contribution in [1.82, 2.24) is 36.8 Å². The van der Waals surface area contributed by atoms with Gasteiger partial charge in [0.15, 0.2) is 6.04 Å². The molecule has 0 unspecified atom stereocenters. The lowest BCUT2D eigenvalue weighted by molar-refractivity contribution is -0.159. The first-order valence-corrected chi connectivity index (χ1v) is 26.6. The Morgan fingerprint density at radius 1 is 0.744 bits per heavy atom. The quantitative estimate of drug-likeness (QED) is 0.0547. The van der Waals surface area contributed by atoms with E-state index in [-0.39, 0.29) is 18.8 Å². The van der Waals surface area contributed by atoms with Crippen molar-refractivity contribution in [2.45, 2.75) is 129 Å². The number of hydrogen-bond donors (Lipinski definition) is 7. The Balaban J connectivity index is 1.99. The van der Waals surface area contributed by atoms with Gasteiger partial charge in [0.05, 0.1) is 13.5 Å². The Morgan fingerprint density at radius 3 is 1.94 bits per heavy atom. The maximum atomic E-state index is 15.2. The number of carbonyl (C=O) groups excluding carboxylic acids is 11. The average Bonchev–Trinajstić information content (AvgIpc) is 3.54. The van der Waals surface area contributed by atoms with E-state index < -0.39 is 132 Å². The molecule has 0 spiro atoms. The van der Waals surface area contributed by atoms with Gasteiger partial charge in [-0.25, -0.2) is 4.79 Å². The molecule has 0 bridgehead atoms. The minimum atomic E-state index is -1.95. The molecule has 0 saturated carbocycles. The number of nitrogens with two attached hydrogens (primary N) is 1.